The van der Waals surface area contributed by atoms with Gasteiger partial charge in [0.2, 0.25) is 0 Å². The molecular weight excluding hydrogens is 283 g/mol. The molecule has 0 aliphatic rings. The monoisotopic (exact) mass is 292 g/mol. The largest absolute Gasteiger partial charge is 0.462 e. The number of nitrogen functional groups attached to an aromatic ring is 1. The lowest BCUT2D eigenvalue weighted by Crippen LogP contribution is -2.08. The van der Waals surface area contributed by atoms with E-state index >= 15 is 0 Å². The van der Waals surface area contributed by atoms with Crippen molar-refractivity contribution in [1.29, 1.82) is 0 Å². The van der Waals surface area contributed by atoms with E-state index in [2.05, 4.69) is 4.98 Å². The molecule has 13 heavy (non-hydrogen) atoms. The first-order chi connectivity index (χ1) is 6.15. The minimum Gasteiger partial charge on any atom is -0.462 e. The van der Waals surface area contributed by atoms with E-state index in [0.29, 0.717) is 17.9 Å². The second-order valence-electron chi connectivity index (χ2n) is 2.31. The van der Waals surface area contributed by atoms with Crippen LogP contribution in [0.5, 0.6) is 0 Å². The van der Waals surface area contributed by atoms with E-state index in [4.69, 9.17) is 10.5 Å². The SMILES string of the molecule is CCOC(=O)c1cc(I)ncc1N. The van der Waals surface area contributed by atoms with E-state index < -0.39 is 5.97 Å². The molecule has 0 fully saturated rings. The molecule has 5 heteroatoms. The third kappa shape index (κ3) is 2.55. The Morgan fingerprint density at radius 1 is 1.77 bits per heavy atom. The van der Waals surface area contributed by atoms with Crippen LogP contribution in [0.15, 0.2) is 12.3 Å². The maximum Gasteiger partial charge on any atom is 0.340 e. The van der Waals surface area contributed by atoms with Crippen molar-refractivity contribution >= 4 is 34.2 Å². The fourth-order valence-corrected chi connectivity index (χ4v) is 1.28. The molecule has 0 bridgehead atoms. The van der Waals surface area contributed by atoms with Gasteiger partial charge in [0.25, 0.3) is 0 Å². The number of pyridine rings is 1. The van der Waals surface area contributed by atoms with Gasteiger partial charge in [-0.2, -0.15) is 0 Å². The number of carbonyl (C=O) groups excluding carboxylic acids is 1. The van der Waals surface area contributed by atoms with Crippen LogP contribution in [0.1, 0.15) is 17.3 Å². The van der Waals surface area contributed by atoms with Crippen LogP contribution in [0.2, 0.25) is 0 Å². The summed E-state index contributed by atoms with van der Waals surface area (Å²) in [7, 11) is 0. The second-order valence-corrected chi connectivity index (χ2v) is 3.42. The van der Waals surface area contributed by atoms with Gasteiger partial charge in [0.05, 0.1) is 24.1 Å². The van der Waals surface area contributed by atoms with Crippen LogP contribution >= 0.6 is 22.6 Å². The van der Waals surface area contributed by atoms with Crippen molar-refractivity contribution in [3.63, 3.8) is 0 Å². The zero-order valence-electron chi connectivity index (χ0n) is 7.08. The first kappa shape index (κ1) is 10.2. The molecular formula is C8H9IN2O2. The minimum absolute atomic E-state index is 0.344. The molecule has 0 aliphatic heterocycles. The van der Waals surface area contributed by atoms with Gasteiger partial charge in [0, 0.05) is 0 Å². The van der Waals surface area contributed by atoms with Gasteiger partial charge in [-0.3, -0.25) is 0 Å². The number of rotatable bonds is 2. The molecule has 0 spiro atoms. The van der Waals surface area contributed by atoms with Crippen molar-refractivity contribution in [2.45, 2.75) is 6.92 Å². The Balaban J connectivity index is 2.99. The van der Waals surface area contributed by atoms with E-state index in [1.807, 2.05) is 22.6 Å². The first-order valence-electron chi connectivity index (χ1n) is 3.73. The summed E-state index contributed by atoms with van der Waals surface area (Å²) >= 11 is 2.01. The molecule has 4 nitrogen and oxygen atoms in total. The summed E-state index contributed by atoms with van der Waals surface area (Å²) in [6, 6.07) is 1.61. The molecule has 1 aromatic rings. The van der Waals surface area contributed by atoms with Crippen LogP contribution in [-0.4, -0.2) is 17.6 Å². The molecule has 0 saturated heterocycles. The number of hydrogen-bond donors (Lipinski definition) is 1. The Morgan fingerprint density at radius 2 is 2.46 bits per heavy atom. The van der Waals surface area contributed by atoms with Gasteiger partial charge in [-0.15, -0.1) is 0 Å². The zero-order chi connectivity index (χ0) is 9.84. The van der Waals surface area contributed by atoms with Crippen molar-refractivity contribution in [2.75, 3.05) is 12.3 Å². The quantitative estimate of drug-likeness (QED) is 0.509. The minimum atomic E-state index is -0.402. The van der Waals surface area contributed by atoms with Gasteiger partial charge in [-0.25, -0.2) is 9.78 Å². The fraction of sp³-hybridized carbons (Fsp3) is 0.250. The highest BCUT2D eigenvalue weighted by Gasteiger charge is 2.11. The van der Waals surface area contributed by atoms with Crippen molar-refractivity contribution in [2.24, 2.45) is 0 Å². The lowest BCUT2D eigenvalue weighted by atomic mass is 10.2. The Hall–Kier alpha value is -0.850. The van der Waals surface area contributed by atoms with E-state index in [-0.39, 0.29) is 0 Å². The molecule has 0 unspecified atom stereocenters. The average Bonchev–Trinajstić information content (AvgIpc) is 2.09. The molecule has 1 rings (SSSR count). The number of ether oxygens (including phenoxy) is 1. The summed E-state index contributed by atoms with van der Waals surface area (Å²) in [5, 5.41) is 0. The molecule has 0 aliphatic carbocycles. The summed E-state index contributed by atoms with van der Waals surface area (Å²) in [6.07, 6.45) is 1.45. The highest BCUT2D eigenvalue weighted by molar-refractivity contribution is 14.1. The fourth-order valence-electron chi connectivity index (χ4n) is 0.826. The van der Waals surface area contributed by atoms with Crippen LogP contribution in [0, 0.1) is 3.70 Å². The predicted molar refractivity (Wildman–Crippen MR) is 57.3 cm³/mol. The second kappa shape index (κ2) is 4.40. The summed E-state index contributed by atoms with van der Waals surface area (Å²) in [5.41, 5.74) is 6.28. The average molecular weight is 292 g/mol. The normalized spacial score (nSPS) is 9.69. The van der Waals surface area contributed by atoms with Gasteiger partial charge in [0.15, 0.2) is 0 Å². The topological polar surface area (TPSA) is 65.2 Å². The Bertz CT molecular complexity index is 328. The number of nitrogens with two attached hydrogens (primary N) is 1. The number of anilines is 1. The van der Waals surface area contributed by atoms with Gasteiger partial charge in [0.1, 0.15) is 3.70 Å². The molecule has 70 valence electrons. The summed E-state index contributed by atoms with van der Waals surface area (Å²) in [6.45, 7) is 2.09. The maximum absolute atomic E-state index is 11.3. The first-order valence-corrected chi connectivity index (χ1v) is 4.81. The lowest BCUT2D eigenvalue weighted by molar-refractivity contribution is 0.0527. The summed E-state index contributed by atoms with van der Waals surface area (Å²) in [4.78, 5) is 15.2. The number of aromatic nitrogens is 1. The number of nitrogens with zero attached hydrogens (tertiary/aromatic N) is 1. The maximum atomic E-state index is 11.3. The Labute approximate surface area is 89.6 Å². The summed E-state index contributed by atoms with van der Waals surface area (Å²) in [5.74, 6) is -0.402. The van der Waals surface area contributed by atoms with Crippen LogP contribution in [-0.2, 0) is 4.74 Å². The van der Waals surface area contributed by atoms with Crippen molar-refractivity contribution in [3.8, 4) is 0 Å². The third-order valence-electron chi connectivity index (χ3n) is 1.40. The van der Waals surface area contributed by atoms with E-state index in [0.717, 1.165) is 3.70 Å². The van der Waals surface area contributed by atoms with Crippen molar-refractivity contribution in [1.82, 2.24) is 4.98 Å². The van der Waals surface area contributed by atoms with Crippen molar-refractivity contribution < 1.29 is 9.53 Å². The molecule has 1 heterocycles. The van der Waals surface area contributed by atoms with Gasteiger partial charge >= 0.3 is 5.97 Å². The summed E-state index contributed by atoms with van der Waals surface area (Å²) < 4.78 is 5.53. The number of halogens is 1. The van der Waals surface area contributed by atoms with Crippen molar-refractivity contribution in [3.05, 3.63) is 21.5 Å². The van der Waals surface area contributed by atoms with E-state index in [9.17, 15) is 4.79 Å². The molecule has 2 N–H and O–H groups in total. The molecule has 0 saturated carbocycles. The third-order valence-corrected chi connectivity index (χ3v) is 1.99. The molecule has 0 atom stereocenters. The van der Waals surface area contributed by atoms with Crippen LogP contribution in [0.4, 0.5) is 5.69 Å². The molecule has 1 aromatic heterocycles. The molecule has 0 amide bonds. The Kier molecular flexibility index (Phi) is 3.47. The highest BCUT2D eigenvalue weighted by atomic mass is 127. The predicted octanol–water partition coefficient (Wildman–Crippen LogP) is 1.45. The lowest BCUT2D eigenvalue weighted by Gasteiger charge is -2.04. The number of carbonyl (C=O) groups is 1. The van der Waals surface area contributed by atoms with Gasteiger partial charge in [-0.05, 0) is 35.6 Å². The Morgan fingerprint density at radius 3 is 3.08 bits per heavy atom. The molecule has 0 aromatic carbocycles. The number of hydrogen-bond acceptors (Lipinski definition) is 4. The molecule has 0 radical (unpaired) electrons. The van der Waals surface area contributed by atoms with Gasteiger partial charge in [-0.1, -0.05) is 0 Å². The number of esters is 1. The van der Waals surface area contributed by atoms with E-state index in [1.165, 1.54) is 6.20 Å². The highest BCUT2D eigenvalue weighted by Crippen LogP contribution is 2.13. The smallest absolute Gasteiger partial charge is 0.340 e. The zero-order valence-corrected chi connectivity index (χ0v) is 9.24. The standard InChI is InChI=1S/C8H9IN2O2/c1-2-13-8(12)5-3-7(9)11-4-6(5)10/h3-4H,2,10H2,1H3. The van der Waals surface area contributed by atoms with Crippen LogP contribution in [0.3, 0.4) is 0 Å². The van der Waals surface area contributed by atoms with Crippen LogP contribution < -0.4 is 5.73 Å². The van der Waals surface area contributed by atoms with Gasteiger partial charge < -0.3 is 10.5 Å². The van der Waals surface area contributed by atoms with Crippen LogP contribution in [0.25, 0.3) is 0 Å². The van der Waals surface area contributed by atoms with E-state index in [1.54, 1.807) is 13.0 Å².